The number of aliphatic hydroxyl groups is 1. The van der Waals surface area contributed by atoms with Gasteiger partial charge in [-0.15, -0.1) is 29.1 Å². The van der Waals surface area contributed by atoms with Crippen molar-refractivity contribution in [3.8, 4) is 11.3 Å². The van der Waals surface area contributed by atoms with Crippen molar-refractivity contribution < 1.29 is 34.4 Å². The van der Waals surface area contributed by atoms with Crippen LogP contribution in [-0.4, -0.2) is 20.9 Å². The molecule has 5 nitrogen and oxygen atoms in total. The molecule has 6 aromatic rings. The number of furan rings is 1. The summed E-state index contributed by atoms with van der Waals surface area (Å²) in [4.78, 5) is 21.5. The zero-order chi connectivity index (χ0) is 38.0. The van der Waals surface area contributed by atoms with Crippen LogP contribution in [0, 0.1) is 22.8 Å². The maximum absolute atomic E-state index is 12.2. The Balaban J connectivity index is 0.000000299. The maximum Gasteiger partial charge on any atom is 0.223 e. The van der Waals surface area contributed by atoms with E-state index >= 15 is 0 Å². The summed E-state index contributed by atoms with van der Waals surface area (Å²) in [5.74, 6) is 0.835. The number of carbonyl (C=O) groups is 1. The molecule has 283 valence electrons. The van der Waals surface area contributed by atoms with Crippen LogP contribution in [0.3, 0.4) is 0 Å². The van der Waals surface area contributed by atoms with Crippen LogP contribution in [0.5, 0.6) is 0 Å². The largest absolute Gasteiger partial charge is 0.512 e. The molecule has 0 saturated carbocycles. The van der Waals surface area contributed by atoms with E-state index in [0.717, 1.165) is 70.5 Å². The number of nitrogens with zero attached hydrogens (tertiary/aromatic N) is 2. The molecule has 0 saturated heterocycles. The standard InChI is InChI=1S/C32H29N2O.C15H28O2.Ir/c1-19(2)14-21-16-26-28-29(22-15-20-10-6-7-12-24(20)27(17-22)32(3,4)5)33-18-34-31(28)35-30(26)25-13-9-8-11-23(21)25;1-7-14(5,8-2)12(16)11-13(17)15(6,9-3)10-4;/h6-13,16-19H,14H2,1-5H3;11,16H,7-10H2,1-6H3;/q-1;;/b;12-11-;. The maximum atomic E-state index is 12.2. The molecule has 0 amide bonds. The molecule has 6 rings (SSSR count). The van der Waals surface area contributed by atoms with E-state index in [2.05, 4.69) is 106 Å². The average molecular weight is 890 g/mol. The summed E-state index contributed by atoms with van der Waals surface area (Å²) >= 11 is 0. The first-order valence-electron chi connectivity index (χ1n) is 19.1. The van der Waals surface area contributed by atoms with Gasteiger partial charge in [0.2, 0.25) is 5.71 Å². The Morgan fingerprint density at radius 1 is 0.811 bits per heavy atom. The molecule has 2 heterocycles. The second-order valence-electron chi connectivity index (χ2n) is 16.4. The fourth-order valence-corrected chi connectivity index (χ4v) is 6.98. The van der Waals surface area contributed by atoms with Crippen LogP contribution < -0.4 is 0 Å². The number of fused-ring (bicyclic) bond motifs is 6. The van der Waals surface area contributed by atoms with Gasteiger partial charge in [-0.3, -0.25) is 9.78 Å². The van der Waals surface area contributed by atoms with Crippen molar-refractivity contribution in [1.29, 1.82) is 0 Å². The quantitative estimate of drug-likeness (QED) is 0.0842. The predicted molar refractivity (Wildman–Crippen MR) is 219 cm³/mol. The molecule has 0 aliphatic rings. The van der Waals surface area contributed by atoms with Gasteiger partial charge in [0.15, 0.2) is 5.78 Å². The second kappa shape index (κ2) is 16.7. The Morgan fingerprint density at radius 2 is 1.40 bits per heavy atom. The monoisotopic (exact) mass is 890 g/mol. The van der Waals surface area contributed by atoms with Crippen LogP contribution in [0.2, 0.25) is 0 Å². The fraction of sp³-hybridized carbons (Fsp3) is 0.426. The second-order valence-corrected chi connectivity index (χ2v) is 16.4. The van der Waals surface area contributed by atoms with E-state index in [0.29, 0.717) is 11.6 Å². The van der Waals surface area contributed by atoms with Crippen molar-refractivity contribution in [2.24, 2.45) is 16.7 Å². The number of carbonyl (C=O) groups excluding carboxylic acids is 1. The summed E-state index contributed by atoms with van der Waals surface area (Å²) in [6.07, 6.45) is 7.36. The molecule has 53 heavy (non-hydrogen) atoms. The van der Waals surface area contributed by atoms with Gasteiger partial charge in [0, 0.05) is 58.9 Å². The SMILES string of the molecule is CC(C)Cc1cc2c(oc3ncnc(-c4[c-]c5ccccc5c(C(C)(C)C)c4)c32)c2ccccc12.CCC(C)(CC)C(=O)/C=C(\O)C(C)(CC)CC.[Ir]. The van der Waals surface area contributed by atoms with Crippen LogP contribution in [0.15, 0.2) is 83.2 Å². The zero-order valence-corrected chi connectivity index (χ0v) is 35.9. The van der Waals surface area contributed by atoms with Crippen molar-refractivity contribution in [3.63, 3.8) is 0 Å². The van der Waals surface area contributed by atoms with Gasteiger partial charge in [0.05, 0.1) is 0 Å². The Morgan fingerprint density at radius 3 is 1.98 bits per heavy atom. The molecule has 0 unspecified atom stereocenters. The molecular formula is C47H57IrN2O3-. The molecule has 0 bridgehead atoms. The number of allylic oxidation sites excluding steroid dienone is 2. The van der Waals surface area contributed by atoms with E-state index < -0.39 is 0 Å². The van der Waals surface area contributed by atoms with Crippen molar-refractivity contribution in [1.82, 2.24) is 9.97 Å². The molecule has 0 aliphatic heterocycles. The van der Waals surface area contributed by atoms with Crippen molar-refractivity contribution >= 4 is 49.4 Å². The molecule has 1 N–H and O–H groups in total. The van der Waals surface area contributed by atoms with Crippen molar-refractivity contribution in [2.75, 3.05) is 0 Å². The van der Waals surface area contributed by atoms with Gasteiger partial charge in [-0.2, -0.15) is 0 Å². The van der Waals surface area contributed by atoms with Gasteiger partial charge in [0.25, 0.3) is 0 Å². The molecular weight excluding hydrogens is 833 g/mol. The number of hydrogen-bond acceptors (Lipinski definition) is 5. The third-order valence-corrected chi connectivity index (χ3v) is 11.4. The third kappa shape index (κ3) is 8.45. The van der Waals surface area contributed by atoms with Gasteiger partial charge in [-0.25, -0.2) is 4.98 Å². The molecule has 4 aromatic carbocycles. The Kier molecular flexibility index (Phi) is 13.2. The van der Waals surface area contributed by atoms with Crippen molar-refractivity contribution in [2.45, 2.75) is 114 Å². The van der Waals surface area contributed by atoms with E-state index in [1.165, 1.54) is 28.0 Å². The zero-order valence-electron chi connectivity index (χ0n) is 33.5. The smallest absolute Gasteiger partial charge is 0.223 e. The Bertz CT molecular complexity index is 2250. The minimum Gasteiger partial charge on any atom is -0.512 e. The first-order valence-corrected chi connectivity index (χ1v) is 19.1. The van der Waals surface area contributed by atoms with E-state index in [1.807, 2.05) is 41.5 Å². The van der Waals surface area contributed by atoms with Crippen LogP contribution in [0.1, 0.15) is 113 Å². The van der Waals surface area contributed by atoms with Gasteiger partial charge in [-0.1, -0.05) is 130 Å². The Hall–Kier alpha value is -3.86. The number of ketones is 1. The number of aliphatic hydroxyl groups excluding tert-OH is 1. The van der Waals surface area contributed by atoms with E-state index in [4.69, 9.17) is 9.40 Å². The van der Waals surface area contributed by atoms with Gasteiger partial charge >= 0.3 is 0 Å². The normalized spacial score (nSPS) is 12.7. The van der Waals surface area contributed by atoms with Crippen LogP contribution in [0.4, 0.5) is 0 Å². The fourth-order valence-electron chi connectivity index (χ4n) is 6.98. The third-order valence-electron chi connectivity index (χ3n) is 11.4. The predicted octanol–water partition coefficient (Wildman–Crippen LogP) is 13.3. The number of aromatic nitrogens is 2. The Labute approximate surface area is 330 Å². The molecule has 1 radical (unpaired) electrons. The molecule has 0 spiro atoms. The van der Waals surface area contributed by atoms with E-state index in [1.54, 1.807) is 6.33 Å². The minimum atomic E-state index is -0.337. The summed E-state index contributed by atoms with van der Waals surface area (Å²) < 4.78 is 6.41. The summed E-state index contributed by atoms with van der Waals surface area (Å²) in [7, 11) is 0. The molecule has 0 atom stereocenters. The molecule has 2 aromatic heterocycles. The molecule has 0 aliphatic carbocycles. The summed E-state index contributed by atoms with van der Waals surface area (Å²) in [6.45, 7) is 23.4. The topological polar surface area (TPSA) is 76.2 Å². The first kappa shape index (κ1) is 41.9. The first-order chi connectivity index (χ1) is 24.6. The number of benzene rings is 4. The molecule has 6 heteroatoms. The summed E-state index contributed by atoms with van der Waals surface area (Å²) in [6, 6.07) is 25.2. The number of hydrogen-bond donors (Lipinski definition) is 1. The summed E-state index contributed by atoms with van der Waals surface area (Å²) in [5.41, 5.74) is 5.34. The van der Waals surface area contributed by atoms with Gasteiger partial charge < -0.3 is 9.52 Å². The summed E-state index contributed by atoms with van der Waals surface area (Å²) in [5, 5.41) is 16.9. The average Bonchev–Trinajstić information content (AvgIpc) is 3.52. The minimum absolute atomic E-state index is 0. The van der Waals surface area contributed by atoms with Crippen LogP contribution in [0.25, 0.3) is 54.9 Å². The van der Waals surface area contributed by atoms with Gasteiger partial charge in [0.1, 0.15) is 17.7 Å². The van der Waals surface area contributed by atoms with Gasteiger partial charge in [-0.05, 0) is 60.5 Å². The molecule has 0 fully saturated rings. The van der Waals surface area contributed by atoms with E-state index in [-0.39, 0.29) is 47.9 Å². The van der Waals surface area contributed by atoms with Crippen LogP contribution in [-0.2, 0) is 36.7 Å². The van der Waals surface area contributed by atoms with E-state index in [9.17, 15) is 9.90 Å². The number of rotatable bonds is 10. The van der Waals surface area contributed by atoms with Crippen LogP contribution >= 0.6 is 0 Å². The van der Waals surface area contributed by atoms with Crippen molar-refractivity contribution in [3.05, 3.63) is 96.0 Å².